The lowest BCUT2D eigenvalue weighted by atomic mass is 10.0. The van der Waals surface area contributed by atoms with E-state index in [0.717, 1.165) is 66.7 Å². The number of carbonyl (C=O) groups is 2. The van der Waals surface area contributed by atoms with Gasteiger partial charge in [0.05, 0.1) is 17.1 Å². The number of nitrogens with zero attached hydrogens (tertiary/aromatic N) is 2. The van der Waals surface area contributed by atoms with Crippen LogP contribution < -0.4 is 0 Å². The molecule has 8 heteroatoms. The fourth-order valence-corrected chi connectivity index (χ4v) is 5.28. The fraction of sp³-hybridized carbons (Fsp3) is 0.235. The van der Waals surface area contributed by atoms with Crippen molar-refractivity contribution in [3.05, 3.63) is 95.1 Å². The Bertz CT molecular complexity index is 1820. The van der Waals surface area contributed by atoms with Gasteiger partial charge >= 0.3 is 11.9 Å². The van der Waals surface area contributed by atoms with Crippen molar-refractivity contribution in [1.82, 2.24) is 19.9 Å². The Morgan fingerprint density at radius 3 is 2.19 bits per heavy atom. The van der Waals surface area contributed by atoms with Crippen LogP contribution in [-0.4, -0.2) is 42.1 Å². The summed E-state index contributed by atoms with van der Waals surface area (Å²) in [7, 11) is 0. The van der Waals surface area contributed by atoms with Crippen molar-refractivity contribution in [2.24, 2.45) is 0 Å². The largest absolute Gasteiger partial charge is 0.481 e. The molecule has 0 unspecified atom stereocenters. The van der Waals surface area contributed by atoms with Crippen LogP contribution in [0.15, 0.2) is 55.8 Å². The smallest absolute Gasteiger partial charge is 0.303 e. The minimum Gasteiger partial charge on any atom is -0.481 e. The van der Waals surface area contributed by atoms with Crippen LogP contribution in [0.4, 0.5) is 0 Å². The second kappa shape index (κ2) is 12.7. The number of fused-ring (bicyclic) bond motifs is 6. The van der Waals surface area contributed by atoms with E-state index in [1.165, 1.54) is 0 Å². The van der Waals surface area contributed by atoms with Gasteiger partial charge in [-0.1, -0.05) is 31.4 Å². The van der Waals surface area contributed by atoms with E-state index < -0.39 is 11.9 Å². The first-order valence-corrected chi connectivity index (χ1v) is 13.8. The number of hydrogen-bond acceptors (Lipinski definition) is 4. The van der Waals surface area contributed by atoms with Gasteiger partial charge in [0.2, 0.25) is 0 Å². The molecule has 6 bridgehead atoms. The van der Waals surface area contributed by atoms with E-state index in [2.05, 4.69) is 23.1 Å². The number of carboxylic acid groups (broad SMARTS) is 2. The standard InChI is InChI=1S/C34H36N4O4/c1-7-22(10-12-33(39)40)30-18-32-25(11-13-34(41)42)21(6)28(38-32)16-27-20(5)24(9-3)31(37-27)17-29-19(4)23(8-2)26(36-29)14-15-35-30/h7-9,14-18,37-38H,2-3,10-13H2,1,4-6H3,(H,39,40)(H,41,42)/b15-14?,22-7+,26-14?,27-16?,28-16?,29-17?,30-18?,31-17?,32-18?,35-15?,35-30?. The summed E-state index contributed by atoms with van der Waals surface area (Å²) >= 11 is 0. The van der Waals surface area contributed by atoms with E-state index in [1.54, 1.807) is 12.3 Å². The summed E-state index contributed by atoms with van der Waals surface area (Å²) in [4.78, 5) is 39.6. The Labute approximate surface area is 244 Å². The number of aliphatic carboxylic acids is 2. The average molecular weight is 565 g/mol. The predicted octanol–water partition coefficient (Wildman–Crippen LogP) is 7.66. The molecule has 4 N–H and O–H groups in total. The molecular weight excluding hydrogens is 528 g/mol. The van der Waals surface area contributed by atoms with Gasteiger partial charge in [-0.25, -0.2) is 4.98 Å². The second-order valence-corrected chi connectivity index (χ2v) is 10.2. The lowest BCUT2D eigenvalue weighted by molar-refractivity contribution is -0.137. The maximum atomic E-state index is 11.5. The first-order chi connectivity index (χ1) is 20.1. The minimum atomic E-state index is -0.899. The van der Waals surface area contributed by atoms with Gasteiger partial charge in [-0.2, -0.15) is 0 Å². The van der Waals surface area contributed by atoms with Crippen molar-refractivity contribution >= 4 is 56.8 Å². The fourth-order valence-electron chi connectivity index (χ4n) is 5.28. The van der Waals surface area contributed by atoms with Crippen molar-refractivity contribution in [1.29, 1.82) is 0 Å². The zero-order chi connectivity index (χ0) is 30.6. The Balaban J connectivity index is 2.17. The predicted molar refractivity (Wildman–Crippen MR) is 170 cm³/mol. The molecule has 1 aliphatic heterocycles. The highest BCUT2D eigenvalue weighted by molar-refractivity contribution is 5.96. The molecule has 3 aromatic rings. The van der Waals surface area contributed by atoms with Gasteiger partial charge in [-0.05, 0) is 92.6 Å². The van der Waals surface area contributed by atoms with Gasteiger partial charge < -0.3 is 20.2 Å². The molecule has 0 spiro atoms. The van der Waals surface area contributed by atoms with E-state index in [0.29, 0.717) is 17.8 Å². The quantitative estimate of drug-likeness (QED) is 0.211. The van der Waals surface area contributed by atoms with Gasteiger partial charge in [0.25, 0.3) is 0 Å². The van der Waals surface area contributed by atoms with E-state index >= 15 is 0 Å². The first kappa shape index (κ1) is 30.0. The second-order valence-electron chi connectivity index (χ2n) is 10.2. The van der Waals surface area contributed by atoms with Gasteiger partial charge in [-0.3, -0.25) is 14.6 Å². The van der Waals surface area contributed by atoms with E-state index in [1.807, 2.05) is 64.1 Å². The Morgan fingerprint density at radius 2 is 1.55 bits per heavy atom. The van der Waals surface area contributed by atoms with Crippen molar-refractivity contribution in [3.8, 4) is 0 Å². The van der Waals surface area contributed by atoms with Crippen LogP contribution in [0.5, 0.6) is 0 Å². The van der Waals surface area contributed by atoms with Crippen LogP contribution in [0, 0.1) is 13.8 Å². The van der Waals surface area contributed by atoms with Gasteiger partial charge in [0, 0.05) is 52.2 Å². The number of allylic oxidation sites excluding steroid dienone is 5. The average Bonchev–Trinajstić information content (AvgIpc) is 3.52. The third-order valence-corrected chi connectivity index (χ3v) is 7.70. The summed E-state index contributed by atoms with van der Waals surface area (Å²) in [6.07, 6.45) is 7.65. The molecule has 0 fully saturated rings. The molecule has 4 heterocycles. The zero-order valence-electron chi connectivity index (χ0n) is 24.5. The van der Waals surface area contributed by atoms with Crippen LogP contribution in [0.2, 0.25) is 0 Å². The van der Waals surface area contributed by atoms with Crippen LogP contribution in [-0.2, 0) is 16.0 Å². The van der Waals surface area contributed by atoms with Crippen LogP contribution in [0.25, 0.3) is 44.9 Å². The molecule has 0 radical (unpaired) electrons. The SMILES string of the molecule is C=CC1=C(C)c2cc3[nH]c(cc4[nH]c(cc(/C(=C/C)CCC(=O)O)nccc1n2)c(CCC(=O)O)c4C)c(C)c3C=C. The number of aromatic amines is 2. The van der Waals surface area contributed by atoms with Gasteiger partial charge in [0.15, 0.2) is 0 Å². The highest BCUT2D eigenvalue weighted by Crippen LogP contribution is 2.32. The van der Waals surface area contributed by atoms with Crippen LogP contribution >= 0.6 is 0 Å². The van der Waals surface area contributed by atoms with Crippen molar-refractivity contribution in [2.45, 2.75) is 53.4 Å². The molecule has 1 aliphatic rings. The summed E-state index contributed by atoms with van der Waals surface area (Å²) in [5.41, 5.74) is 11.9. The molecule has 216 valence electrons. The van der Waals surface area contributed by atoms with Crippen LogP contribution in [0.3, 0.4) is 0 Å². The molecule has 8 nitrogen and oxygen atoms in total. The highest BCUT2D eigenvalue weighted by atomic mass is 16.4. The van der Waals surface area contributed by atoms with E-state index in [-0.39, 0.29) is 19.3 Å². The number of aromatic nitrogens is 4. The summed E-state index contributed by atoms with van der Waals surface area (Å²) in [5.74, 6) is -1.78. The molecule has 0 aliphatic carbocycles. The van der Waals surface area contributed by atoms with Crippen LogP contribution in [0.1, 0.15) is 72.4 Å². The van der Waals surface area contributed by atoms with Crippen molar-refractivity contribution in [2.75, 3.05) is 0 Å². The lowest BCUT2D eigenvalue weighted by Crippen LogP contribution is -1.98. The van der Waals surface area contributed by atoms with E-state index in [4.69, 9.17) is 9.97 Å². The summed E-state index contributed by atoms with van der Waals surface area (Å²) in [5, 5.41) is 18.8. The molecule has 4 rings (SSSR count). The Morgan fingerprint density at radius 1 is 0.857 bits per heavy atom. The number of rotatable bonds is 9. The van der Waals surface area contributed by atoms with Crippen molar-refractivity contribution in [3.63, 3.8) is 0 Å². The third kappa shape index (κ3) is 6.17. The third-order valence-electron chi connectivity index (χ3n) is 7.70. The summed E-state index contributed by atoms with van der Waals surface area (Å²) < 4.78 is 0. The number of aryl methyl sites for hydroxylation is 3. The maximum absolute atomic E-state index is 11.5. The molecule has 0 aromatic carbocycles. The maximum Gasteiger partial charge on any atom is 0.303 e. The number of carboxylic acids is 2. The van der Waals surface area contributed by atoms with E-state index in [9.17, 15) is 19.8 Å². The normalized spacial score (nSPS) is 12.3. The molecule has 0 atom stereocenters. The first-order valence-electron chi connectivity index (χ1n) is 13.8. The topological polar surface area (TPSA) is 132 Å². The molecule has 42 heavy (non-hydrogen) atoms. The van der Waals surface area contributed by atoms with Gasteiger partial charge in [-0.15, -0.1) is 0 Å². The number of hydrogen-bond donors (Lipinski definition) is 4. The summed E-state index contributed by atoms with van der Waals surface area (Å²) in [6, 6.07) is 7.71. The zero-order valence-corrected chi connectivity index (χ0v) is 24.5. The number of nitrogens with one attached hydrogen (secondary N) is 2. The Kier molecular flexibility index (Phi) is 9.06. The molecular formula is C34H36N4O4. The lowest BCUT2D eigenvalue weighted by Gasteiger charge is -2.04. The molecule has 3 aromatic heterocycles. The monoisotopic (exact) mass is 564 g/mol. The van der Waals surface area contributed by atoms with Crippen molar-refractivity contribution < 1.29 is 19.8 Å². The number of H-pyrrole nitrogens is 2. The molecule has 0 saturated carbocycles. The van der Waals surface area contributed by atoms with Gasteiger partial charge in [0.1, 0.15) is 0 Å². The minimum absolute atomic E-state index is 0.0312. The Hall–Kier alpha value is -4.98. The highest BCUT2D eigenvalue weighted by Gasteiger charge is 2.16. The summed E-state index contributed by atoms with van der Waals surface area (Å²) in [6.45, 7) is 15.9. The molecule has 0 saturated heterocycles. The molecule has 0 amide bonds.